The molecule has 1 aromatic carbocycles. The van der Waals surface area contributed by atoms with Crippen molar-refractivity contribution in [2.45, 2.75) is 38.9 Å². The summed E-state index contributed by atoms with van der Waals surface area (Å²) in [6.45, 7) is 4.33. The van der Waals surface area contributed by atoms with E-state index in [-0.39, 0.29) is 24.8 Å². The van der Waals surface area contributed by atoms with E-state index < -0.39 is 5.69 Å². The molecule has 2 aliphatic rings. The molecule has 3 aromatic rings. The van der Waals surface area contributed by atoms with E-state index in [0.717, 1.165) is 19.4 Å². The highest BCUT2D eigenvalue weighted by Gasteiger charge is 2.26. The first-order chi connectivity index (χ1) is 15.5. The summed E-state index contributed by atoms with van der Waals surface area (Å²) in [5, 5.41) is 0. The summed E-state index contributed by atoms with van der Waals surface area (Å²) >= 11 is 0. The Kier molecular flexibility index (Phi) is 5.09. The van der Waals surface area contributed by atoms with Crippen LogP contribution in [-0.4, -0.2) is 50.1 Å². The summed E-state index contributed by atoms with van der Waals surface area (Å²) in [7, 11) is 1.65. The van der Waals surface area contributed by atoms with Crippen LogP contribution in [0.4, 0.5) is 11.6 Å². The summed E-state index contributed by atoms with van der Waals surface area (Å²) in [6.07, 6.45) is 1.94. The van der Waals surface area contributed by atoms with Gasteiger partial charge in [0.1, 0.15) is 18.0 Å². The van der Waals surface area contributed by atoms with Gasteiger partial charge in [-0.2, -0.15) is 4.98 Å². The fourth-order valence-electron chi connectivity index (χ4n) is 4.53. The molecule has 1 atom stereocenters. The van der Waals surface area contributed by atoms with Gasteiger partial charge in [-0.25, -0.2) is 9.79 Å². The zero-order chi connectivity index (χ0) is 22.4. The summed E-state index contributed by atoms with van der Waals surface area (Å²) in [5.41, 5.74) is 7.50. The number of aryl methyl sites for hydroxylation is 2. The van der Waals surface area contributed by atoms with Crippen molar-refractivity contribution >= 4 is 28.5 Å². The van der Waals surface area contributed by atoms with Gasteiger partial charge in [-0.15, -0.1) is 0 Å². The Hall–Kier alpha value is -3.40. The zero-order valence-corrected chi connectivity index (χ0v) is 18.3. The first-order valence-electron chi connectivity index (χ1n) is 11.0. The summed E-state index contributed by atoms with van der Waals surface area (Å²) in [6, 6.07) is 7.52. The minimum Gasteiger partial charge on any atom is -0.485 e. The number of anilines is 1. The molecule has 4 heterocycles. The van der Waals surface area contributed by atoms with E-state index in [1.807, 2.05) is 35.8 Å². The Labute approximate surface area is 184 Å². The average Bonchev–Trinajstić information content (AvgIpc) is 3.20. The second-order valence-corrected chi connectivity index (χ2v) is 8.34. The Morgan fingerprint density at radius 2 is 2.03 bits per heavy atom. The number of hydrogen-bond donors (Lipinski definition) is 1. The van der Waals surface area contributed by atoms with Crippen LogP contribution in [0, 0.1) is 0 Å². The number of aromatic nitrogens is 4. The number of hydrogen-bond acceptors (Lipinski definition) is 7. The highest BCUT2D eigenvalue weighted by Crippen LogP contribution is 2.30. The van der Waals surface area contributed by atoms with E-state index in [4.69, 9.17) is 15.5 Å². The third kappa shape index (κ3) is 3.31. The van der Waals surface area contributed by atoms with Gasteiger partial charge < -0.3 is 19.9 Å². The van der Waals surface area contributed by atoms with E-state index in [0.29, 0.717) is 47.4 Å². The van der Waals surface area contributed by atoms with Gasteiger partial charge in [0.25, 0.3) is 5.56 Å². The molecule has 1 saturated heterocycles. The number of benzene rings is 1. The topological polar surface area (TPSA) is 113 Å². The van der Waals surface area contributed by atoms with Crippen molar-refractivity contribution in [1.29, 1.82) is 0 Å². The quantitative estimate of drug-likeness (QED) is 0.652. The summed E-state index contributed by atoms with van der Waals surface area (Å²) in [5.74, 6) is 1.38. The molecule has 2 aliphatic heterocycles. The van der Waals surface area contributed by atoms with Crippen LogP contribution in [0.2, 0.25) is 0 Å². The normalized spacial score (nSPS) is 18.4. The molecule has 0 bridgehead atoms. The van der Waals surface area contributed by atoms with Crippen LogP contribution in [-0.2, 0) is 20.1 Å². The molecular formula is C22H27N7O3. The molecule has 10 nitrogen and oxygen atoms in total. The van der Waals surface area contributed by atoms with E-state index in [9.17, 15) is 9.59 Å². The number of nitrogens with two attached hydrogens (primary N) is 1. The molecule has 2 N–H and O–H groups in total. The lowest BCUT2D eigenvalue weighted by atomic mass is 10.1. The molecule has 1 fully saturated rings. The number of imidazole rings is 1. The Morgan fingerprint density at radius 3 is 2.81 bits per heavy atom. The van der Waals surface area contributed by atoms with Crippen LogP contribution in [0.25, 0.3) is 11.2 Å². The monoisotopic (exact) mass is 437 g/mol. The highest BCUT2D eigenvalue weighted by molar-refractivity contribution is 5.90. The summed E-state index contributed by atoms with van der Waals surface area (Å²) < 4.78 is 10.3. The van der Waals surface area contributed by atoms with Gasteiger partial charge in [-0.05, 0) is 31.9 Å². The van der Waals surface area contributed by atoms with Crippen LogP contribution in [0.15, 0.2) is 38.8 Å². The van der Waals surface area contributed by atoms with Gasteiger partial charge in [-0.1, -0.05) is 12.1 Å². The molecule has 0 radical (unpaired) electrons. The molecule has 5 rings (SSSR count). The van der Waals surface area contributed by atoms with Crippen LogP contribution >= 0.6 is 0 Å². The van der Waals surface area contributed by atoms with E-state index >= 15 is 0 Å². The van der Waals surface area contributed by atoms with Crippen molar-refractivity contribution in [1.82, 2.24) is 18.7 Å². The molecule has 2 aromatic heterocycles. The molecule has 1 unspecified atom stereocenters. The maximum absolute atomic E-state index is 13.5. The van der Waals surface area contributed by atoms with Crippen molar-refractivity contribution < 1.29 is 4.74 Å². The lowest BCUT2D eigenvalue weighted by molar-refractivity contribution is 0.368. The van der Waals surface area contributed by atoms with Crippen molar-refractivity contribution in [3.8, 4) is 5.75 Å². The molecular weight excluding hydrogens is 410 g/mol. The Balaban J connectivity index is 1.61. The smallest absolute Gasteiger partial charge is 0.332 e. The van der Waals surface area contributed by atoms with Gasteiger partial charge in [-0.3, -0.25) is 13.9 Å². The number of ether oxygens (including phenoxy) is 1. The van der Waals surface area contributed by atoms with Gasteiger partial charge in [0.15, 0.2) is 11.2 Å². The van der Waals surface area contributed by atoms with Crippen molar-refractivity contribution in [2.75, 3.05) is 24.6 Å². The first kappa shape index (κ1) is 20.5. The van der Waals surface area contributed by atoms with Gasteiger partial charge >= 0.3 is 5.69 Å². The van der Waals surface area contributed by atoms with Gasteiger partial charge in [0, 0.05) is 32.7 Å². The minimum atomic E-state index is -0.424. The maximum Gasteiger partial charge on any atom is 0.332 e. The van der Waals surface area contributed by atoms with Crippen LogP contribution in [0.1, 0.15) is 19.8 Å². The van der Waals surface area contributed by atoms with E-state index in [1.54, 1.807) is 7.05 Å². The summed E-state index contributed by atoms with van der Waals surface area (Å²) in [4.78, 5) is 38.0. The number of nitrogens with zero attached hydrogens (tertiary/aromatic N) is 6. The van der Waals surface area contributed by atoms with Crippen molar-refractivity contribution in [3.05, 3.63) is 45.1 Å². The zero-order valence-electron chi connectivity index (χ0n) is 18.3. The number of fused-ring (bicyclic) bond motifs is 2. The maximum atomic E-state index is 13.5. The lowest BCUT2D eigenvalue weighted by Gasteiger charge is -2.31. The van der Waals surface area contributed by atoms with Crippen molar-refractivity contribution in [2.24, 2.45) is 17.8 Å². The largest absolute Gasteiger partial charge is 0.485 e. The fraction of sp³-hybridized carbons (Fsp3) is 0.455. The molecule has 0 amide bonds. The van der Waals surface area contributed by atoms with E-state index in [2.05, 4.69) is 9.89 Å². The third-order valence-electron chi connectivity index (χ3n) is 6.15. The minimum absolute atomic E-state index is 0.0641. The van der Waals surface area contributed by atoms with Gasteiger partial charge in [0.2, 0.25) is 5.95 Å². The molecule has 32 heavy (non-hydrogen) atoms. The average molecular weight is 438 g/mol. The predicted octanol–water partition coefficient (Wildman–Crippen LogP) is 1.01. The molecule has 168 valence electrons. The lowest BCUT2D eigenvalue weighted by Crippen LogP contribution is -2.44. The molecule has 10 heteroatoms. The number of para-hydroxylation sites is 2. The predicted molar refractivity (Wildman–Crippen MR) is 123 cm³/mol. The molecule has 0 saturated carbocycles. The van der Waals surface area contributed by atoms with Crippen LogP contribution in [0.3, 0.4) is 0 Å². The fourth-order valence-corrected chi connectivity index (χ4v) is 4.53. The van der Waals surface area contributed by atoms with Gasteiger partial charge in [0.05, 0.1) is 12.3 Å². The Bertz CT molecular complexity index is 1330. The first-order valence-corrected chi connectivity index (χ1v) is 11.0. The second-order valence-electron chi connectivity index (χ2n) is 8.34. The number of rotatable bonds is 4. The highest BCUT2D eigenvalue weighted by atomic mass is 16.5. The molecule has 0 aliphatic carbocycles. The standard InChI is InChI=1S/C22H27N7O3/c1-3-28-18-19(25-21(28)27-10-6-7-14(23)11-27)26(2)22(31)29(20(18)30)12-15-13-32-17-9-5-4-8-16(17)24-15/h4-5,8-9,14H,3,6-7,10-13,23H2,1-2H3. The Morgan fingerprint density at radius 1 is 1.22 bits per heavy atom. The van der Waals surface area contributed by atoms with E-state index in [1.165, 1.54) is 9.13 Å². The third-order valence-corrected chi connectivity index (χ3v) is 6.15. The van der Waals surface area contributed by atoms with Crippen LogP contribution < -0.4 is 26.6 Å². The van der Waals surface area contributed by atoms with Crippen LogP contribution in [0.5, 0.6) is 5.75 Å². The second kappa shape index (κ2) is 7.94. The number of piperidine rings is 1. The SMILES string of the molecule is CCn1c(N2CCCC(N)C2)nc2c1c(=O)n(CC1=Nc3ccccc3OC1)c(=O)n2C. The molecule has 0 spiro atoms. The number of aliphatic imine (C=N–C) groups is 1. The van der Waals surface area contributed by atoms with Crippen molar-refractivity contribution in [3.63, 3.8) is 0 Å².